The molecule has 2 rings (SSSR count). The Bertz CT molecular complexity index is 384. The number of anilines is 1. The Morgan fingerprint density at radius 3 is 2.72 bits per heavy atom. The van der Waals surface area contributed by atoms with Gasteiger partial charge in [0.1, 0.15) is 0 Å². The molecule has 1 aliphatic carbocycles. The minimum Gasteiger partial charge on any atom is -0.348 e. The highest BCUT2D eigenvalue weighted by Crippen LogP contribution is 2.37. The summed E-state index contributed by atoms with van der Waals surface area (Å²) >= 11 is 1.86. The summed E-state index contributed by atoms with van der Waals surface area (Å²) in [5.74, 6) is 0.890. The van der Waals surface area contributed by atoms with Crippen molar-refractivity contribution in [2.45, 2.75) is 52.6 Å². The number of rotatable bonds is 7. The van der Waals surface area contributed by atoms with Crippen LogP contribution in [0.4, 0.5) is 5.13 Å². The molecular formula is C14H25N3S. The maximum absolute atomic E-state index is 4.82. The molecule has 1 atom stereocenters. The summed E-state index contributed by atoms with van der Waals surface area (Å²) in [6, 6.07) is 0.632. The molecule has 1 N–H and O–H groups in total. The van der Waals surface area contributed by atoms with E-state index in [-0.39, 0.29) is 0 Å². The molecule has 1 aliphatic rings. The quantitative estimate of drug-likeness (QED) is 0.823. The van der Waals surface area contributed by atoms with E-state index >= 15 is 0 Å². The van der Waals surface area contributed by atoms with Gasteiger partial charge in [0, 0.05) is 24.5 Å². The fourth-order valence-electron chi connectivity index (χ4n) is 2.24. The molecule has 1 aromatic heterocycles. The minimum atomic E-state index is 0.632. The van der Waals surface area contributed by atoms with E-state index in [4.69, 9.17) is 4.98 Å². The second kappa shape index (κ2) is 6.02. The van der Waals surface area contributed by atoms with Crippen molar-refractivity contribution in [3.05, 3.63) is 10.6 Å². The summed E-state index contributed by atoms with van der Waals surface area (Å²) in [5.41, 5.74) is 1.27. The van der Waals surface area contributed by atoms with E-state index in [1.807, 2.05) is 11.3 Å². The summed E-state index contributed by atoms with van der Waals surface area (Å²) in [5, 5.41) is 4.60. The van der Waals surface area contributed by atoms with Crippen LogP contribution in [0.5, 0.6) is 0 Å². The van der Waals surface area contributed by atoms with Gasteiger partial charge in [-0.15, -0.1) is 11.3 Å². The minimum absolute atomic E-state index is 0.632. The number of nitrogens with one attached hydrogen (secondary N) is 1. The number of aromatic nitrogens is 1. The monoisotopic (exact) mass is 267 g/mol. The first-order chi connectivity index (χ1) is 8.67. The van der Waals surface area contributed by atoms with E-state index in [1.165, 1.54) is 28.5 Å². The number of hydrogen-bond acceptors (Lipinski definition) is 4. The molecule has 3 nitrogen and oxygen atoms in total. The van der Waals surface area contributed by atoms with E-state index in [0.29, 0.717) is 6.04 Å². The third-order valence-corrected chi connectivity index (χ3v) is 5.04. The standard InChI is InChI=1S/C14H25N3S/c1-5-12-13(9-15-6-2)18-14(16-12)17(4)10(3)11-7-8-11/h10-11,15H,5-9H2,1-4H3. The fraction of sp³-hybridized carbons (Fsp3) is 0.786. The third kappa shape index (κ3) is 3.04. The molecule has 18 heavy (non-hydrogen) atoms. The van der Waals surface area contributed by atoms with E-state index in [1.54, 1.807) is 0 Å². The number of hydrogen-bond donors (Lipinski definition) is 1. The van der Waals surface area contributed by atoms with Crippen LogP contribution in [0, 0.1) is 5.92 Å². The Morgan fingerprint density at radius 2 is 2.17 bits per heavy atom. The predicted octanol–water partition coefficient (Wildman–Crippen LogP) is 3.05. The third-order valence-electron chi connectivity index (χ3n) is 3.85. The molecule has 102 valence electrons. The van der Waals surface area contributed by atoms with Gasteiger partial charge in [0.25, 0.3) is 0 Å². The van der Waals surface area contributed by atoms with E-state index in [0.717, 1.165) is 25.4 Å². The van der Waals surface area contributed by atoms with Gasteiger partial charge in [-0.05, 0) is 38.6 Å². The first-order valence-corrected chi connectivity index (χ1v) is 7.91. The van der Waals surface area contributed by atoms with E-state index in [9.17, 15) is 0 Å². The molecule has 1 aromatic rings. The molecule has 0 aromatic carbocycles. The van der Waals surface area contributed by atoms with E-state index < -0.39 is 0 Å². The highest BCUT2D eigenvalue weighted by Gasteiger charge is 2.31. The number of thiazole rings is 1. The van der Waals surface area contributed by atoms with Crippen LogP contribution in [0.2, 0.25) is 0 Å². The molecule has 0 amide bonds. The second-order valence-corrected chi connectivity index (χ2v) is 6.25. The van der Waals surface area contributed by atoms with Crippen molar-refractivity contribution in [3.8, 4) is 0 Å². The molecule has 0 bridgehead atoms. The summed E-state index contributed by atoms with van der Waals surface area (Å²) in [4.78, 5) is 8.60. The Hall–Kier alpha value is -0.610. The van der Waals surface area contributed by atoms with Gasteiger partial charge < -0.3 is 10.2 Å². The maximum Gasteiger partial charge on any atom is 0.185 e. The molecule has 1 unspecified atom stereocenters. The van der Waals surface area contributed by atoms with Gasteiger partial charge in [-0.2, -0.15) is 0 Å². The largest absolute Gasteiger partial charge is 0.348 e. The summed E-state index contributed by atoms with van der Waals surface area (Å²) in [7, 11) is 2.19. The molecule has 0 spiro atoms. The Kier molecular flexibility index (Phi) is 4.62. The van der Waals surface area contributed by atoms with Crippen LogP contribution >= 0.6 is 11.3 Å². The van der Waals surface area contributed by atoms with Crippen LogP contribution in [0.15, 0.2) is 0 Å². The summed E-state index contributed by atoms with van der Waals surface area (Å²) in [6.45, 7) is 8.65. The molecule has 4 heteroatoms. The van der Waals surface area contributed by atoms with Gasteiger partial charge in [-0.1, -0.05) is 13.8 Å². The number of aryl methyl sites for hydroxylation is 1. The summed E-state index contributed by atoms with van der Waals surface area (Å²) < 4.78 is 0. The normalized spacial score (nSPS) is 16.9. The van der Waals surface area contributed by atoms with Crippen molar-refractivity contribution in [2.24, 2.45) is 5.92 Å². The highest BCUT2D eigenvalue weighted by molar-refractivity contribution is 7.15. The lowest BCUT2D eigenvalue weighted by molar-refractivity contribution is 0.607. The topological polar surface area (TPSA) is 28.2 Å². The van der Waals surface area contributed by atoms with Gasteiger partial charge in [-0.3, -0.25) is 0 Å². The molecule has 0 saturated heterocycles. The van der Waals surface area contributed by atoms with Crippen LogP contribution in [-0.4, -0.2) is 24.6 Å². The van der Waals surface area contributed by atoms with Crippen LogP contribution in [-0.2, 0) is 13.0 Å². The van der Waals surface area contributed by atoms with Gasteiger partial charge in [0.05, 0.1) is 5.69 Å². The lowest BCUT2D eigenvalue weighted by Crippen LogP contribution is -2.30. The van der Waals surface area contributed by atoms with Crippen LogP contribution in [0.1, 0.15) is 44.2 Å². The Labute approximate surface area is 115 Å². The predicted molar refractivity (Wildman–Crippen MR) is 79.5 cm³/mol. The second-order valence-electron chi connectivity index (χ2n) is 5.19. The van der Waals surface area contributed by atoms with E-state index in [2.05, 4.69) is 38.0 Å². The van der Waals surface area contributed by atoms with Gasteiger partial charge in [0.2, 0.25) is 0 Å². The zero-order valence-corrected chi connectivity index (χ0v) is 12.8. The van der Waals surface area contributed by atoms with Crippen LogP contribution < -0.4 is 10.2 Å². The lowest BCUT2D eigenvalue weighted by atomic mass is 10.2. The van der Waals surface area contributed by atoms with Gasteiger partial charge in [0.15, 0.2) is 5.13 Å². The van der Waals surface area contributed by atoms with Crippen LogP contribution in [0.3, 0.4) is 0 Å². The summed E-state index contributed by atoms with van der Waals surface area (Å²) in [6.07, 6.45) is 3.81. The average molecular weight is 267 g/mol. The first kappa shape index (κ1) is 13.8. The Balaban J connectivity index is 2.09. The van der Waals surface area contributed by atoms with Crippen molar-refractivity contribution in [2.75, 3.05) is 18.5 Å². The van der Waals surface area contributed by atoms with Gasteiger partial charge in [-0.25, -0.2) is 4.98 Å². The first-order valence-electron chi connectivity index (χ1n) is 7.09. The molecule has 1 saturated carbocycles. The van der Waals surface area contributed by atoms with Crippen molar-refractivity contribution < 1.29 is 0 Å². The van der Waals surface area contributed by atoms with Crippen molar-refractivity contribution in [1.29, 1.82) is 0 Å². The fourth-order valence-corrected chi connectivity index (χ4v) is 3.41. The van der Waals surface area contributed by atoms with Gasteiger partial charge >= 0.3 is 0 Å². The number of nitrogens with zero attached hydrogens (tertiary/aromatic N) is 2. The van der Waals surface area contributed by atoms with Crippen LogP contribution in [0.25, 0.3) is 0 Å². The molecule has 1 heterocycles. The molecular weight excluding hydrogens is 242 g/mol. The van der Waals surface area contributed by atoms with Crippen molar-refractivity contribution in [1.82, 2.24) is 10.3 Å². The molecule has 1 fully saturated rings. The average Bonchev–Trinajstić information content (AvgIpc) is 3.15. The van der Waals surface area contributed by atoms with Crippen molar-refractivity contribution >= 4 is 16.5 Å². The maximum atomic E-state index is 4.82. The highest BCUT2D eigenvalue weighted by atomic mass is 32.1. The SMILES string of the molecule is CCNCc1sc(N(C)C(C)C2CC2)nc1CC. The molecule has 0 aliphatic heterocycles. The zero-order chi connectivity index (χ0) is 13.1. The Morgan fingerprint density at radius 1 is 1.44 bits per heavy atom. The van der Waals surface area contributed by atoms with Crippen molar-refractivity contribution in [3.63, 3.8) is 0 Å². The lowest BCUT2D eigenvalue weighted by Gasteiger charge is -2.23. The molecule has 0 radical (unpaired) electrons. The smallest absolute Gasteiger partial charge is 0.185 e. The zero-order valence-electron chi connectivity index (χ0n) is 12.0.